The van der Waals surface area contributed by atoms with E-state index in [0.29, 0.717) is 15.0 Å². The molecule has 2 aromatic carbocycles. The van der Waals surface area contributed by atoms with Gasteiger partial charge in [-0.1, -0.05) is 6.07 Å². The van der Waals surface area contributed by atoms with E-state index < -0.39 is 11.7 Å². The lowest BCUT2D eigenvalue weighted by Crippen LogP contribution is -2.26. The molecule has 3 aromatic rings. The second-order valence-corrected chi connectivity index (χ2v) is 7.19. The number of nitrogens with two attached hydrogens (primary N) is 1. The molecular formula is C20H16FIN4O3. The maximum Gasteiger partial charge on any atom is 0.251 e. The number of nitrogens with zero attached hydrogens (tertiary/aromatic N) is 2. The van der Waals surface area contributed by atoms with E-state index in [9.17, 15) is 14.0 Å². The van der Waals surface area contributed by atoms with Crippen LogP contribution >= 0.6 is 22.6 Å². The average Bonchev–Trinajstić information content (AvgIpc) is 2.66. The van der Waals surface area contributed by atoms with E-state index in [0.717, 1.165) is 5.06 Å². The number of rotatable bonds is 6. The number of halogens is 2. The molecule has 0 atom stereocenters. The van der Waals surface area contributed by atoms with Gasteiger partial charge in [-0.25, -0.2) is 4.39 Å². The molecule has 7 nitrogen and oxygen atoms in total. The number of primary amides is 1. The van der Waals surface area contributed by atoms with Gasteiger partial charge >= 0.3 is 0 Å². The molecular weight excluding hydrogens is 490 g/mol. The molecule has 148 valence electrons. The zero-order chi connectivity index (χ0) is 21.0. The molecule has 1 aromatic heterocycles. The fourth-order valence-electron chi connectivity index (χ4n) is 2.57. The van der Waals surface area contributed by atoms with Crippen molar-refractivity contribution in [1.29, 1.82) is 0 Å². The van der Waals surface area contributed by atoms with Crippen molar-refractivity contribution in [3.05, 3.63) is 75.9 Å². The van der Waals surface area contributed by atoms with Gasteiger partial charge in [-0.3, -0.25) is 14.6 Å². The highest BCUT2D eigenvalue weighted by atomic mass is 127. The minimum Gasteiger partial charge on any atom is -0.374 e. The Labute approximate surface area is 179 Å². The number of carbonyl (C=O) groups is 2. The predicted octanol–water partition coefficient (Wildman–Crippen LogP) is 4.01. The van der Waals surface area contributed by atoms with Crippen LogP contribution in [-0.4, -0.2) is 16.8 Å². The van der Waals surface area contributed by atoms with Crippen LogP contribution in [-0.2, 0) is 4.79 Å². The number of anilines is 3. The summed E-state index contributed by atoms with van der Waals surface area (Å²) in [6.45, 7) is 1.38. The van der Waals surface area contributed by atoms with Crippen molar-refractivity contribution >= 4 is 51.5 Å². The standard InChI is InChI=1S/C20H16FIN4O3/c1-12(27)25-14-3-2-4-15(10-14)29-26(18-6-5-13(22)9-17(18)21)19-11-24-8-7-16(19)20(23)28/h2-11H,1H3,(H2,23,28)(H,25,27). The lowest BCUT2D eigenvalue weighted by Gasteiger charge is -2.26. The molecule has 0 fully saturated rings. The van der Waals surface area contributed by atoms with Gasteiger partial charge in [0.2, 0.25) is 5.91 Å². The molecule has 0 radical (unpaired) electrons. The molecule has 0 aliphatic rings. The van der Waals surface area contributed by atoms with Gasteiger partial charge in [0, 0.05) is 28.4 Å². The molecule has 2 amide bonds. The second-order valence-electron chi connectivity index (χ2n) is 5.95. The molecule has 0 bridgehead atoms. The van der Waals surface area contributed by atoms with E-state index >= 15 is 0 Å². The Hall–Kier alpha value is -3.21. The van der Waals surface area contributed by atoms with Gasteiger partial charge in [-0.05, 0) is 59.0 Å². The molecule has 0 spiro atoms. The van der Waals surface area contributed by atoms with E-state index in [4.69, 9.17) is 10.6 Å². The maximum absolute atomic E-state index is 14.8. The van der Waals surface area contributed by atoms with E-state index in [1.54, 1.807) is 30.3 Å². The first-order valence-electron chi connectivity index (χ1n) is 8.40. The van der Waals surface area contributed by atoms with Crippen LogP contribution in [0.5, 0.6) is 5.75 Å². The molecule has 29 heavy (non-hydrogen) atoms. The largest absolute Gasteiger partial charge is 0.374 e. The van der Waals surface area contributed by atoms with Crippen molar-refractivity contribution in [3.63, 3.8) is 0 Å². The fraction of sp³-hybridized carbons (Fsp3) is 0.0500. The summed E-state index contributed by atoms with van der Waals surface area (Å²) in [6, 6.07) is 12.5. The van der Waals surface area contributed by atoms with Crippen LogP contribution in [0.3, 0.4) is 0 Å². The zero-order valence-corrected chi connectivity index (χ0v) is 17.4. The summed E-state index contributed by atoms with van der Waals surface area (Å²) in [5, 5.41) is 3.79. The molecule has 0 aliphatic heterocycles. The molecule has 0 aliphatic carbocycles. The maximum atomic E-state index is 14.8. The first kappa shape index (κ1) is 20.5. The molecule has 9 heteroatoms. The Bertz CT molecular complexity index is 1080. The minimum atomic E-state index is -0.714. The van der Waals surface area contributed by atoms with E-state index in [-0.39, 0.29) is 22.8 Å². The molecule has 0 saturated heterocycles. The summed E-state index contributed by atoms with van der Waals surface area (Å²) >= 11 is 1.99. The summed E-state index contributed by atoms with van der Waals surface area (Å²) in [5.41, 5.74) is 6.31. The lowest BCUT2D eigenvalue weighted by atomic mass is 10.2. The van der Waals surface area contributed by atoms with Gasteiger partial charge < -0.3 is 15.9 Å². The summed E-state index contributed by atoms with van der Waals surface area (Å²) < 4.78 is 15.4. The second kappa shape index (κ2) is 8.86. The average molecular weight is 506 g/mol. The quantitative estimate of drug-likeness (QED) is 0.389. The number of pyridine rings is 1. The highest BCUT2D eigenvalue weighted by Crippen LogP contribution is 2.33. The Balaban J connectivity index is 2.09. The van der Waals surface area contributed by atoms with Gasteiger partial charge in [-0.2, -0.15) is 5.06 Å². The number of aromatic nitrogens is 1. The topological polar surface area (TPSA) is 97.6 Å². The van der Waals surface area contributed by atoms with E-state index in [1.807, 2.05) is 22.6 Å². The summed E-state index contributed by atoms with van der Waals surface area (Å²) in [6.07, 6.45) is 2.76. The van der Waals surface area contributed by atoms with Crippen LogP contribution in [0, 0.1) is 9.39 Å². The van der Waals surface area contributed by atoms with Crippen LogP contribution in [0.4, 0.5) is 21.5 Å². The molecule has 0 saturated carbocycles. The van der Waals surface area contributed by atoms with Crippen molar-refractivity contribution in [2.75, 3.05) is 10.4 Å². The van der Waals surface area contributed by atoms with Gasteiger partial charge in [0.25, 0.3) is 5.91 Å². The number of benzene rings is 2. The Kier molecular flexibility index (Phi) is 6.27. The lowest BCUT2D eigenvalue weighted by molar-refractivity contribution is -0.114. The van der Waals surface area contributed by atoms with Crippen LogP contribution in [0.2, 0.25) is 0 Å². The third kappa shape index (κ3) is 4.99. The van der Waals surface area contributed by atoms with Crippen molar-refractivity contribution < 1.29 is 18.8 Å². The van der Waals surface area contributed by atoms with Gasteiger partial charge in [0.05, 0.1) is 11.8 Å². The normalized spacial score (nSPS) is 10.3. The van der Waals surface area contributed by atoms with Crippen LogP contribution in [0.1, 0.15) is 17.3 Å². The SMILES string of the molecule is CC(=O)Nc1cccc(ON(c2ccc(I)cc2F)c2cnccc2C(N)=O)c1. The first-order valence-corrected chi connectivity index (χ1v) is 9.47. The number of hydrogen-bond donors (Lipinski definition) is 2. The predicted molar refractivity (Wildman–Crippen MR) is 115 cm³/mol. The zero-order valence-electron chi connectivity index (χ0n) is 15.2. The molecule has 3 N–H and O–H groups in total. The number of hydrogen-bond acceptors (Lipinski definition) is 5. The minimum absolute atomic E-state index is 0.0610. The van der Waals surface area contributed by atoms with Crippen molar-refractivity contribution in [2.45, 2.75) is 6.92 Å². The van der Waals surface area contributed by atoms with Crippen molar-refractivity contribution in [2.24, 2.45) is 5.73 Å². The highest BCUT2D eigenvalue weighted by molar-refractivity contribution is 14.1. The van der Waals surface area contributed by atoms with Crippen molar-refractivity contribution in [1.82, 2.24) is 4.98 Å². The third-order valence-corrected chi connectivity index (χ3v) is 4.43. The summed E-state index contributed by atoms with van der Waals surface area (Å²) in [4.78, 5) is 33.1. The van der Waals surface area contributed by atoms with Crippen LogP contribution in [0.25, 0.3) is 0 Å². The summed E-state index contributed by atoms with van der Waals surface area (Å²) in [7, 11) is 0. The monoisotopic (exact) mass is 506 g/mol. The molecule has 1 heterocycles. The van der Waals surface area contributed by atoms with E-state index in [2.05, 4.69) is 10.3 Å². The molecule has 0 unspecified atom stereocenters. The van der Waals surface area contributed by atoms with Gasteiger partial charge in [-0.15, -0.1) is 0 Å². The Morgan fingerprint density at radius 3 is 2.66 bits per heavy atom. The Morgan fingerprint density at radius 1 is 1.17 bits per heavy atom. The third-order valence-electron chi connectivity index (χ3n) is 3.76. The smallest absolute Gasteiger partial charge is 0.251 e. The van der Waals surface area contributed by atoms with E-state index in [1.165, 1.54) is 37.5 Å². The Morgan fingerprint density at radius 2 is 1.97 bits per heavy atom. The number of carbonyl (C=O) groups excluding carboxylic acids is 2. The van der Waals surface area contributed by atoms with Crippen molar-refractivity contribution in [3.8, 4) is 5.75 Å². The number of amides is 2. The highest BCUT2D eigenvalue weighted by Gasteiger charge is 2.22. The first-order chi connectivity index (χ1) is 13.8. The van der Waals surface area contributed by atoms with Gasteiger partial charge in [0.1, 0.15) is 11.4 Å². The molecule has 3 rings (SSSR count). The number of nitrogens with one attached hydrogen (secondary N) is 1. The van der Waals surface area contributed by atoms with Crippen LogP contribution in [0.15, 0.2) is 60.9 Å². The summed E-state index contributed by atoms with van der Waals surface area (Å²) in [5.74, 6) is -1.22. The van der Waals surface area contributed by atoms with Gasteiger partial charge in [0.15, 0.2) is 11.6 Å². The fourth-order valence-corrected chi connectivity index (χ4v) is 3.02. The van der Waals surface area contributed by atoms with Crippen LogP contribution < -0.4 is 21.0 Å².